The number of aromatic amines is 1. The van der Waals surface area contributed by atoms with E-state index in [-0.39, 0.29) is 5.41 Å². The van der Waals surface area contributed by atoms with Gasteiger partial charge in [-0.1, -0.05) is 51.1 Å². The smallest absolute Gasteiger partial charge is 0.176 e. The monoisotopic (exact) mass is 268 g/mol. The minimum atomic E-state index is 0.0169. The number of rotatable bonds is 2. The lowest BCUT2D eigenvalue weighted by Crippen LogP contribution is -2.13. The van der Waals surface area contributed by atoms with Gasteiger partial charge < -0.3 is 4.98 Å². The fourth-order valence-electron chi connectivity index (χ4n) is 2.30. The van der Waals surface area contributed by atoms with Crippen LogP contribution in [0.15, 0.2) is 30.3 Å². The van der Waals surface area contributed by atoms with E-state index in [1.54, 1.807) is 0 Å². The molecule has 0 atom stereocenters. The van der Waals surface area contributed by atoms with Gasteiger partial charge in [0.1, 0.15) is 11.3 Å². The number of nitrogens with one attached hydrogen (secondary N) is 1. The van der Waals surface area contributed by atoms with Gasteiger partial charge in [-0.15, -0.1) is 0 Å². The Morgan fingerprint density at radius 2 is 1.85 bits per heavy atom. The van der Waals surface area contributed by atoms with E-state index in [1.807, 2.05) is 29.8 Å². The number of fused-ring (bicyclic) bond motifs is 1. The average molecular weight is 268 g/mol. The van der Waals surface area contributed by atoms with Crippen LogP contribution >= 0.6 is 0 Å². The number of nitrogens with zero attached hydrogens (tertiary/aromatic N) is 3. The highest BCUT2D eigenvalue weighted by molar-refractivity contribution is 5.74. The Labute approximate surface area is 118 Å². The Kier molecular flexibility index (Phi) is 2.89. The summed E-state index contributed by atoms with van der Waals surface area (Å²) < 4.78 is 1.98. The van der Waals surface area contributed by atoms with Crippen LogP contribution in [0.5, 0.6) is 0 Å². The minimum absolute atomic E-state index is 0.0169. The largest absolute Gasteiger partial charge is 0.339 e. The van der Waals surface area contributed by atoms with Crippen LogP contribution in [0.3, 0.4) is 0 Å². The van der Waals surface area contributed by atoms with E-state index in [1.165, 1.54) is 5.56 Å². The number of imidazole rings is 1. The number of aromatic nitrogens is 4. The summed E-state index contributed by atoms with van der Waals surface area (Å²) in [6.45, 7) is 9.26. The molecule has 0 aliphatic rings. The molecule has 0 aliphatic heterocycles. The van der Waals surface area contributed by atoms with E-state index in [9.17, 15) is 0 Å². The molecule has 4 heteroatoms. The van der Waals surface area contributed by atoms with Gasteiger partial charge >= 0.3 is 0 Å². The number of hydrogen-bond donors (Lipinski definition) is 1. The van der Waals surface area contributed by atoms with E-state index in [0.717, 1.165) is 29.2 Å². The number of benzene rings is 1. The maximum atomic E-state index is 4.75. The van der Waals surface area contributed by atoms with E-state index in [0.29, 0.717) is 0 Å². The molecule has 0 unspecified atom stereocenters. The van der Waals surface area contributed by atoms with E-state index >= 15 is 0 Å². The van der Waals surface area contributed by atoms with Crippen molar-refractivity contribution in [1.82, 2.24) is 19.7 Å². The van der Waals surface area contributed by atoms with Gasteiger partial charge in [-0.3, -0.25) is 0 Å². The molecule has 0 spiro atoms. The number of H-pyrrole nitrogens is 1. The van der Waals surface area contributed by atoms with Crippen LogP contribution in [-0.4, -0.2) is 19.7 Å². The first kappa shape index (κ1) is 12.9. The topological polar surface area (TPSA) is 46.5 Å². The van der Waals surface area contributed by atoms with Crippen molar-refractivity contribution in [2.24, 2.45) is 0 Å². The third-order valence-corrected chi connectivity index (χ3v) is 3.45. The molecule has 0 bridgehead atoms. The second-order valence-electron chi connectivity index (χ2n) is 6.26. The van der Waals surface area contributed by atoms with Crippen molar-refractivity contribution in [3.8, 4) is 0 Å². The molecule has 0 fully saturated rings. The summed E-state index contributed by atoms with van der Waals surface area (Å²) in [6, 6.07) is 10.3. The van der Waals surface area contributed by atoms with Gasteiger partial charge in [-0.2, -0.15) is 5.10 Å². The van der Waals surface area contributed by atoms with Crippen LogP contribution < -0.4 is 0 Å². The van der Waals surface area contributed by atoms with Gasteiger partial charge in [0.05, 0.1) is 12.2 Å². The zero-order chi connectivity index (χ0) is 14.3. The lowest BCUT2D eigenvalue weighted by atomic mass is 9.96. The van der Waals surface area contributed by atoms with E-state index in [4.69, 9.17) is 4.98 Å². The lowest BCUT2D eigenvalue weighted by molar-refractivity contribution is 0.552. The number of hydrogen-bond acceptors (Lipinski definition) is 2. The molecule has 0 saturated heterocycles. The summed E-state index contributed by atoms with van der Waals surface area (Å²) in [4.78, 5) is 8.16. The second-order valence-corrected chi connectivity index (χ2v) is 6.26. The Morgan fingerprint density at radius 3 is 2.50 bits per heavy atom. The van der Waals surface area contributed by atoms with Crippen molar-refractivity contribution >= 4 is 11.2 Å². The van der Waals surface area contributed by atoms with E-state index in [2.05, 4.69) is 43.0 Å². The van der Waals surface area contributed by atoms with Crippen LogP contribution in [-0.2, 0) is 12.0 Å². The first-order valence-electron chi connectivity index (χ1n) is 6.92. The molecule has 0 saturated carbocycles. The Morgan fingerprint density at radius 1 is 1.15 bits per heavy atom. The van der Waals surface area contributed by atoms with Gasteiger partial charge in [0.2, 0.25) is 0 Å². The Hall–Kier alpha value is -2.10. The minimum Gasteiger partial charge on any atom is -0.339 e. The van der Waals surface area contributed by atoms with Crippen molar-refractivity contribution in [1.29, 1.82) is 0 Å². The average Bonchev–Trinajstić information content (AvgIpc) is 2.93. The van der Waals surface area contributed by atoms with Crippen molar-refractivity contribution < 1.29 is 0 Å². The standard InChI is InChI=1S/C16H20N4/c1-11-13-14(18-15(17-13)16(2,3)4)20(19-11)10-12-8-6-5-7-9-12/h5-9H,10H2,1-4H3,(H,17,18). The first-order valence-corrected chi connectivity index (χ1v) is 6.92. The van der Waals surface area contributed by atoms with Gasteiger partial charge in [0.25, 0.3) is 0 Å². The van der Waals surface area contributed by atoms with Crippen molar-refractivity contribution in [2.45, 2.75) is 39.7 Å². The summed E-state index contributed by atoms with van der Waals surface area (Å²) in [6.07, 6.45) is 0. The van der Waals surface area contributed by atoms with Crippen LogP contribution in [0.25, 0.3) is 11.2 Å². The van der Waals surface area contributed by atoms with Crippen LogP contribution in [0.4, 0.5) is 0 Å². The summed E-state index contributed by atoms with van der Waals surface area (Å²) in [5.41, 5.74) is 4.24. The molecule has 1 N–H and O–H groups in total. The summed E-state index contributed by atoms with van der Waals surface area (Å²) in [5.74, 6) is 1.01. The van der Waals surface area contributed by atoms with Crippen molar-refractivity contribution in [2.75, 3.05) is 0 Å². The maximum absolute atomic E-state index is 4.75. The van der Waals surface area contributed by atoms with Crippen LogP contribution in [0.1, 0.15) is 37.9 Å². The molecule has 1 aromatic carbocycles. The second kappa shape index (κ2) is 4.47. The van der Waals surface area contributed by atoms with Crippen molar-refractivity contribution in [3.63, 3.8) is 0 Å². The molecule has 104 valence electrons. The number of aryl methyl sites for hydroxylation is 1. The predicted molar refractivity (Wildman–Crippen MR) is 80.9 cm³/mol. The quantitative estimate of drug-likeness (QED) is 0.774. The zero-order valence-corrected chi connectivity index (χ0v) is 12.4. The molecular weight excluding hydrogens is 248 g/mol. The highest BCUT2D eigenvalue weighted by atomic mass is 15.3. The molecule has 0 aliphatic carbocycles. The molecular formula is C16H20N4. The summed E-state index contributed by atoms with van der Waals surface area (Å²) >= 11 is 0. The third-order valence-electron chi connectivity index (χ3n) is 3.45. The molecule has 4 nitrogen and oxygen atoms in total. The SMILES string of the molecule is Cc1nn(Cc2ccccc2)c2nc(C(C)(C)C)[nH]c12. The summed E-state index contributed by atoms with van der Waals surface area (Å²) in [7, 11) is 0. The maximum Gasteiger partial charge on any atom is 0.176 e. The van der Waals surface area contributed by atoms with Gasteiger partial charge in [0, 0.05) is 5.41 Å². The normalized spacial score (nSPS) is 12.2. The highest BCUT2D eigenvalue weighted by Gasteiger charge is 2.21. The zero-order valence-electron chi connectivity index (χ0n) is 12.4. The molecule has 2 aromatic heterocycles. The predicted octanol–water partition coefficient (Wildman–Crippen LogP) is 3.41. The highest BCUT2D eigenvalue weighted by Crippen LogP contribution is 2.24. The van der Waals surface area contributed by atoms with Crippen molar-refractivity contribution in [3.05, 3.63) is 47.4 Å². The fraction of sp³-hybridized carbons (Fsp3) is 0.375. The molecule has 0 amide bonds. The summed E-state index contributed by atoms with van der Waals surface area (Å²) in [5, 5.41) is 4.59. The third kappa shape index (κ3) is 2.22. The Balaban J connectivity index is 2.05. The Bertz CT molecular complexity index is 729. The first-order chi connectivity index (χ1) is 9.45. The van der Waals surface area contributed by atoms with Crippen LogP contribution in [0.2, 0.25) is 0 Å². The van der Waals surface area contributed by atoms with Gasteiger partial charge in [-0.05, 0) is 12.5 Å². The van der Waals surface area contributed by atoms with Gasteiger partial charge in [0.15, 0.2) is 5.65 Å². The fourth-order valence-corrected chi connectivity index (χ4v) is 2.30. The van der Waals surface area contributed by atoms with E-state index < -0.39 is 0 Å². The van der Waals surface area contributed by atoms with Crippen LogP contribution in [0, 0.1) is 6.92 Å². The van der Waals surface area contributed by atoms with Gasteiger partial charge in [-0.25, -0.2) is 9.67 Å². The molecule has 20 heavy (non-hydrogen) atoms. The molecule has 0 radical (unpaired) electrons. The lowest BCUT2D eigenvalue weighted by Gasteiger charge is -2.14. The molecule has 2 heterocycles. The molecule has 3 aromatic rings. The molecule has 3 rings (SSSR count).